The minimum atomic E-state index is -4.75. The average Bonchev–Trinajstić information content (AvgIpc) is 3.64. The van der Waals surface area contributed by atoms with Gasteiger partial charge in [-0.15, -0.1) is 18.3 Å². The first-order valence-electron chi connectivity index (χ1n) is 14.8. The summed E-state index contributed by atoms with van der Waals surface area (Å²) in [5.41, 5.74) is 5.75. The van der Waals surface area contributed by atoms with Crippen LogP contribution in [0.4, 0.5) is 23.7 Å². The number of nitrogens with one attached hydrogen (secondary N) is 1. The number of hydrogen-bond acceptors (Lipinski definition) is 5. The molecular weight excluding hydrogens is 601 g/mol. The van der Waals surface area contributed by atoms with Gasteiger partial charge in [0.1, 0.15) is 12.1 Å². The van der Waals surface area contributed by atoms with E-state index in [-0.39, 0.29) is 23.9 Å². The van der Waals surface area contributed by atoms with Crippen LogP contribution in [0.25, 0.3) is 17.1 Å². The first kappa shape index (κ1) is 32.1. The predicted octanol–water partition coefficient (Wildman–Crippen LogP) is 8.25. The van der Waals surface area contributed by atoms with Crippen molar-refractivity contribution in [2.45, 2.75) is 65.4 Å². The molecule has 0 bridgehead atoms. The molecule has 1 aromatic heterocycles. The Morgan fingerprint density at radius 2 is 1.84 bits per heavy atom. The van der Waals surface area contributed by atoms with E-state index in [2.05, 4.69) is 69.0 Å². The second-order valence-electron chi connectivity index (χ2n) is 10.9. The summed E-state index contributed by atoms with van der Waals surface area (Å²) in [4.78, 5) is 24.3. The fourth-order valence-electron chi connectivity index (χ4n) is 5.21. The largest absolute Gasteiger partial charge is 0.573 e. The summed E-state index contributed by atoms with van der Waals surface area (Å²) in [6.07, 6.45) is -0.602. The molecule has 5 rings (SSSR count). The van der Waals surface area contributed by atoms with E-state index in [0.29, 0.717) is 23.1 Å². The summed E-state index contributed by atoms with van der Waals surface area (Å²) < 4.78 is 42.8. The molecule has 1 fully saturated rings. The minimum absolute atomic E-state index is 0.216. The number of aryl methyl sites for hydroxylation is 2. The molecule has 2 amide bonds. The Hall–Kier alpha value is -4.32. The number of aromatic nitrogens is 3. The third kappa shape index (κ3) is 7.86. The smallest absolute Gasteiger partial charge is 0.406 e. The van der Waals surface area contributed by atoms with Crippen molar-refractivity contribution < 1.29 is 22.7 Å². The molecule has 1 aliphatic rings. The molecule has 2 heterocycles. The summed E-state index contributed by atoms with van der Waals surface area (Å²) in [6, 6.07) is 19.0. The van der Waals surface area contributed by atoms with Gasteiger partial charge in [0.25, 0.3) is 0 Å². The van der Waals surface area contributed by atoms with Crippen molar-refractivity contribution in [3.05, 3.63) is 89.7 Å². The van der Waals surface area contributed by atoms with E-state index in [1.165, 1.54) is 46.4 Å². The van der Waals surface area contributed by atoms with Gasteiger partial charge < -0.3 is 15.0 Å². The second kappa shape index (κ2) is 13.8. The average molecular weight is 637 g/mol. The number of benzene rings is 3. The van der Waals surface area contributed by atoms with Crippen LogP contribution < -0.4 is 15.0 Å². The predicted molar refractivity (Wildman–Crippen MR) is 172 cm³/mol. The van der Waals surface area contributed by atoms with Crippen LogP contribution in [-0.2, 0) is 6.42 Å². The van der Waals surface area contributed by atoms with Crippen molar-refractivity contribution in [2.24, 2.45) is 4.99 Å². The summed E-state index contributed by atoms with van der Waals surface area (Å²) in [7, 11) is 0. The van der Waals surface area contributed by atoms with Crippen molar-refractivity contribution in [1.29, 1.82) is 0 Å². The van der Waals surface area contributed by atoms with Crippen molar-refractivity contribution in [2.75, 3.05) is 10.7 Å². The maximum atomic E-state index is 13.2. The second-order valence-corrected chi connectivity index (χ2v) is 11.9. The molecule has 0 saturated carbocycles. The minimum Gasteiger partial charge on any atom is -0.406 e. The topological polar surface area (TPSA) is 84.6 Å². The van der Waals surface area contributed by atoms with Gasteiger partial charge in [-0.25, -0.2) is 14.5 Å². The van der Waals surface area contributed by atoms with Crippen LogP contribution in [0.15, 0.2) is 78.0 Å². The summed E-state index contributed by atoms with van der Waals surface area (Å²) in [5, 5.41) is 8.24. The lowest BCUT2D eigenvalue weighted by molar-refractivity contribution is -0.274. The molecule has 0 aliphatic carbocycles. The molecular formula is C33H35F3N6O2S. The van der Waals surface area contributed by atoms with Gasteiger partial charge in [-0.3, -0.25) is 0 Å². The van der Waals surface area contributed by atoms with E-state index >= 15 is 0 Å². The number of alkyl halides is 3. The Labute approximate surface area is 264 Å². The van der Waals surface area contributed by atoms with Crippen molar-refractivity contribution >= 4 is 28.6 Å². The van der Waals surface area contributed by atoms with Gasteiger partial charge in [-0.1, -0.05) is 68.4 Å². The van der Waals surface area contributed by atoms with Crippen LogP contribution in [0.3, 0.4) is 0 Å². The number of nitrogens with zero attached hydrogens (tertiary/aromatic N) is 5. The SMILES string of the molecule is CCCc1ccc(C)cc1N1/C(=N/C(=O)NC(CC)c2ccc(-c3ncn(-c4ccc(OC(F)(F)F)cc4)n3)cc2)SCC1C. The fraction of sp³-hybridized carbons (Fsp3) is 0.333. The zero-order valence-corrected chi connectivity index (χ0v) is 26.3. The van der Waals surface area contributed by atoms with E-state index in [4.69, 9.17) is 0 Å². The molecule has 2 unspecified atom stereocenters. The van der Waals surface area contributed by atoms with Crippen LogP contribution in [0, 0.1) is 6.92 Å². The Morgan fingerprint density at radius 1 is 1.11 bits per heavy atom. The molecule has 0 spiro atoms. The van der Waals surface area contributed by atoms with E-state index in [1.54, 1.807) is 11.8 Å². The normalized spacial score (nSPS) is 16.6. The summed E-state index contributed by atoms with van der Waals surface area (Å²) in [5.74, 6) is 0.991. The zero-order valence-electron chi connectivity index (χ0n) is 25.5. The van der Waals surface area contributed by atoms with E-state index in [9.17, 15) is 18.0 Å². The van der Waals surface area contributed by atoms with Gasteiger partial charge in [0.2, 0.25) is 0 Å². The van der Waals surface area contributed by atoms with E-state index < -0.39 is 6.36 Å². The van der Waals surface area contributed by atoms with E-state index in [1.807, 2.05) is 31.2 Å². The number of thioether (sulfide) groups is 1. The molecule has 236 valence electrons. The maximum Gasteiger partial charge on any atom is 0.573 e. The number of amidine groups is 1. The van der Waals surface area contributed by atoms with E-state index in [0.717, 1.165) is 35.4 Å². The lowest BCUT2D eigenvalue weighted by Gasteiger charge is -2.26. The van der Waals surface area contributed by atoms with Gasteiger partial charge >= 0.3 is 12.4 Å². The number of carbonyl (C=O) groups is 1. The number of amides is 2. The van der Waals surface area contributed by atoms with Gasteiger partial charge in [-0.05, 0) is 73.7 Å². The highest BCUT2D eigenvalue weighted by molar-refractivity contribution is 8.14. The Bertz CT molecular complexity index is 1650. The van der Waals surface area contributed by atoms with Crippen LogP contribution in [0.2, 0.25) is 0 Å². The molecule has 3 aromatic carbocycles. The van der Waals surface area contributed by atoms with Gasteiger partial charge in [0.05, 0.1) is 11.7 Å². The molecule has 1 N–H and O–H groups in total. The number of ether oxygens (including phenoxy) is 1. The lowest BCUT2D eigenvalue weighted by Crippen LogP contribution is -2.34. The number of carbonyl (C=O) groups excluding carboxylic acids is 1. The third-order valence-corrected chi connectivity index (χ3v) is 8.62. The molecule has 1 aliphatic heterocycles. The molecule has 2 atom stereocenters. The highest BCUT2D eigenvalue weighted by Crippen LogP contribution is 2.34. The molecule has 12 heteroatoms. The highest BCUT2D eigenvalue weighted by Gasteiger charge is 2.32. The molecule has 4 aromatic rings. The quantitative estimate of drug-likeness (QED) is 0.199. The summed E-state index contributed by atoms with van der Waals surface area (Å²) >= 11 is 1.60. The Morgan fingerprint density at radius 3 is 2.51 bits per heavy atom. The number of rotatable bonds is 9. The lowest BCUT2D eigenvalue weighted by atomic mass is 10.0. The van der Waals surface area contributed by atoms with Crippen molar-refractivity contribution in [1.82, 2.24) is 20.1 Å². The first-order chi connectivity index (χ1) is 21.5. The van der Waals surface area contributed by atoms with Gasteiger partial charge in [-0.2, -0.15) is 4.99 Å². The van der Waals surface area contributed by atoms with Gasteiger partial charge in [0.15, 0.2) is 11.0 Å². The standard InChI is InChI=1S/C33H35F3N6O2S/c1-5-7-24-9-8-21(3)18-29(24)42-22(4)19-45-32(42)39-31(43)38-28(6-2)23-10-12-25(13-11-23)30-37-20-41(40-30)26-14-16-27(17-15-26)44-33(34,35)36/h8-18,20,22,28H,5-7,19H2,1-4H3,(H,38,43)/b39-32-. The molecule has 45 heavy (non-hydrogen) atoms. The molecule has 0 radical (unpaired) electrons. The van der Waals surface area contributed by atoms with Crippen LogP contribution in [0.5, 0.6) is 5.75 Å². The Kier molecular flexibility index (Phi) is 9.81. The monoisotopic (exact) mass is 636 g/mol. The van der Waals surface area contributed by atoms with Crippen molar-refractivity contribution in [3.8, 4) is 22.8 Å². The van der Waals surface area contributed by atoms with Crippen LogP contribution in [-0.4, -0.2) is 44.1 Å². The summed E-state index contributed by atoms with van der Waals surface area (Å²) in [6.45, 7) is 8.40. The number of hydrogen-bond donors (Lipinski definition) is 1. The number of urea groups is 1. The maximum absolute atomic E-state index is 13.2. The van der Waals surface area contributed by atoms with Crippen molar-refractivity contribution in [3.63, 3.8) is 0 Å². The Balaban J connectivity index is 1.27. The first-order valence-corrected chi connectivity index (χ1v) is 15.8. The van der Waals surface area contributed by atoms with Crippen LogP contribution in [0.1, 0.15) is 56.3 Å². The third-order valence-electron chi connectivity index (χ3n) is 7.42. The fourth-order valence-corrected chi connectivity index (χ4v) is 6.31. The highest BCUT2D eigenvalue weighted by atomic mass is 32.2. The van der Waals surface area contributed by atoms with Gasteiger partial charge in [0, 0.05) is 23.0 Å². The zero-order chi connectivity index (χ0) is 32.1. The number of aliphatic imine (C=N–C) groups is 1. The molecule has 8 nitrogen and oxygen atoms in total. The molecule has 1 saturated heterocycles. The number of anilines is 1. The number of halogens is 3. The van der Waals surface area contributed by atoms with Crippen LogP contribution >= 0.6 is 11.8 Å².